The van der Waals surface area contributed by atoms with E-state index >= 15 is 0 Å². The number of anilines is 2. The van der Waals surface area contributed by atoms with Crippen LogP contribution in [-0.4, -0.2) is 25.0 Å². The smallest absolute Gasteiger partial charge is 0.224 e. The first-order valence-corrected chi connectivity index (χ1v) is 6.63. The molecule has 1 aromatic heterocycles. The van der Waals surface area contributed by atoms with Crippen LogP contribution in [0.2, 0.25) is 0 Å². The summed E-state index contributed by atoms with van der Waals surface area (Å²) in [6, 6.07) is 13.5. The Morgan fingerprint density at radius 3 is 2.60 bits per heavy atom. The molecule has 104 valence electrons. The summed E-state index contributed by atoms with van der Waals surface area (Å²) in [6.45, 7) is 0. The van der Waals surface area contributed by atoms with Crippen LogP contribution in [0.15, 0.2) is 48.7 Å². The van der Waals surface area contributed by atoms with E-state index in [9.17, 15) is 4.79 Å². The van der Waals surface area contributed by atoms with Gasteiger partial charge in [0.05, 0.1) is 11.4 Å². The third-order valence-corrected chi connectivity index (χ3v) is 2.99. The summed E-state index contributed by atoms with van der Waals surface area (Å²) in [4.78, 5) is 18.2. The molecule has 4 heteroatoms. The first-order valence-electron chi connectivity index (χ1n) is 6.63. The summed E-state index contributed by atoms with van der Waals surface area (Å²) in [7, 11) is 3.91. The maximum atomic E-state index is 12.0. The molecule has 0 aliphatic rings. The lowest BCUT2D eigenvalue weighted by Crippen LogP contribution is -2.17. The van der Waals surface area contributed by atoms with Crippen LogP contribution in [0.5, 0.6) is 0 Å². The van der Waals surface area contributed by atoms with Crippen molar-refractivity contribution in [3.05, 3.63) is 54.4 Å². The molecular formula is C16H19N3O. The number of carbonyl (C=O) groups excluding carboxylic acids is 1. The third kappa shape index (κ3) is 3.82. The molecule has 1 aromatic carbocycles. The van der Waals surface area contributed by atoms with Gasteiger partial charge in [0.1, 0.15) is 0 Å². The first-order chi connectivity index (χ1) is 9.66. The predicted octanol–water partition coefficient (Wildman–Crippen LogP) is 2.72. The average molecular weight is 269 g/mol. The Bertz CT molecular complexity index is 567. The fourth-order valence-electron chi connectivity index (χ4n) is 1.97. The van der Waals surface area contributed by atoms with Crippen molar-refractivity contribution >= 4 is 17.3 Å². The molecule has 0 unspecified atom stereocenters. The summed E-state index contributed by atoms with van der Waals surface area (Å²) in [5.41, 5.74) is 2.77. The van der Waals surface area contributed by atoms with Crippen LogP contribution in [0, 0.1) is 0 Å². The van der Waals surface area contributed by atoms with Gasteiger partial charge in [0.15, 0.2) is 0 Å². The fourth-order valence-corrected chi connectivity index (χ4v) is 1.97. The molecule has 1 amide bonds. The number of aromatic nitrogens is 1. The van der Waals surface area contributed by atoms with Crippen LogP contribution in [0.25, 0.3) is 0 Å². The highest BCUT2D eigenvalue weighted by Crippen LogP contribution is 2.23. The number of amides is 1. The molecule has 0 saturated heterocycles. The molecule has 1 N–H and O–H groups in total. The van der Waals surface area contributed by atoms with Crippen molar-refractivity contribution in [1.82, 2.24) is 4.98 Å². The molecular weight excluding hydrogens is 250 g/mol. The van der Waals surface area contributed by atoms with Gasteiger partial charge in [-0.3, -0.25) is 9.78 Å². The van der Waals surface area contributed by atoms with E-state index in [2.05, 4.69) is 10.3 Å². The van der Waals surface area contributed by atoms with E-state index in [1.54, 1.807) is 6.20 Å². The molecule has 0 fully saturated rings. The van der Waals surface area contributed by atoms with Gasteiger partial charge in [0.2, 0.25) is 5.91 Å². The lowest BCUT2D eigenvalue weighted by molar-refractivity contribution is -0.116. The van der Waals surface area contributed by atoms with Gasteiger partial charge in [0, 0.05) is 32.4 Å². The van der Waals surface area contributed by atoms with Crippen LogP contribution in [-0.2, 0) is 11.2 Å². The van der Waals surface area contributed by atoms with E-state index in [1.807, 2.05) is 61.5 Å². The maximum Gasteiger partial charge on any atom is 0.224 e. The van der Waals surface area contributed by atoms with Crippen molar-refractivity contribution in [3.63, 3.8) is 0 Å². The van der Waals surface area contributed by atoms with E-state index < -0.39 is 0 Å². The van der Waals surface area contributed by atoms with Crippen LogP contribution < -0.4 is 10.2 Å². The van der Waals surface area contributed by atoms with Gasteiger partial charge in [-0.1, -0.05) is 18.2 Å². The van der Waals surface area contributed by atoms with Gasteiger partial charge < -0.3 is 10.2 Å². The zero-order valence-corrected chi connectivity index (χ0v) is 11.8. The summed E-state index contributed by atoms with van der Waals surface area (Å²) >= 11 is 0. The molecule has 0 aliphatic heterocycles. The Hall–Kier alpha value is -2.36. The average Bonchev–Trinajstić information content (AvgIpc) is 2.46. The minimum Gasteiger partial charge on any atom is -0.376 e. The highest BCUT2D eigenvalue weighted by Gasteiger charge is 2.08. The lowest BCUT2D eigenvalue weighted by atomic mass is 10.2. The summed E-state index contributed by atoms with van der Waals surface area (Å²) in [6.07, 6.45) is 2.82. The third-order valence-electron chi connectivity index (χ3n) is 2.99. The molecule has 0 atom stereocenters. The van der Waals surface area contributed by atoms with Gasteiger partial charge in [0.25, 0.3) is 0 Å². The first kappa shape index (κ1) is 14.1. The van der Waals surface area contributed by atoms with Crippen molar-refractivity contribution in [3.8, 4) is 0 Å². The number of benzene rings is 1. The minimum atomic E-state index is 0.00459. The highest BCUT2D eigenvalue weighted by atomic mass is 16.1. The Morgan fingerprint density at radius 1 is 1.15 bits per heavy atom. The fraction of sp³-hybridized carbons (Fsp3) is 0.250. The van der Waals surface area contributed by atoms with E-state index in [0.29, 0.717) is 12.8 Å². The van der Waals surface area contributed by atoms with Crippen molar-refractivity contribution < 1.29 is 4.79 Å². The topological polar surface area (TPSA) is 45.2 Å². The van der Waals surface area contributed by atoms with Gasteiger partial charge >= 0.3 is 0 Å². The molecule has 20 heavy (non-hydrogen) atoms. The van der Waals surface area contributed by atoms with Crippen LogP contribution in [0.3, 0.4) is 0 Å². The van der Waals surface area contributed by atoms with E-state index in [-0.39, 0.29) is 5.91 Å². The van der Waals surface area contributed by atoms with Gasteiger partial charge in [-0.05, 0) is 30.7 Å². The Morgan fingerprint density at radius 2 is 1.90 bits per heavy atom. The number of carbonyl (C=O) groups is 1. The van der Waals surface area contributed by atoms with Gasteiger partial charge in [-0.25, -0.2) is 0 Å². The van der Waals surface area contributed by atoms with E-state index in [0.717, 1.165) is 17.1 Å². The minimum absolute atomic E-state index is 0.00459. The van der Waals surface area contributed by atoms with Gasteiger partial charge in [-0.15, -0.1) is 0 Å². The summed E-state index contributed by atoms with van der Waals surface area (Å²) in [5, 5.41) is 2.95. The number of hydrogen-bond donors (Lipinski definition) is 1. The number of aryl methyl sites for hydroxylation is 1. The zero-order chi connectivity index (χ0) is 14.4. The molecule has 0 saturated carbocycles. The lowest BCUT2D eigenvalue weighted by Gasteiger charge is -2.17. The molecule has 2 aromatic rings. The van der Waals surface area contributed by atoms with Crippen LogP contribution in [0.1, 0.15) is 12.1 Å². The predicted molar refractivity (Wildman–Crippen MR) is 82.0 cm³/mol. The van der Waals surface area contributed by atoms with Gasteiger partial charge in [-0.2, -0.15) is 0 Å². The zero-order valence-electron chi connectivity index (χ0n) is 11.8. The second kappa shape index (κ2) is 6.70. The number of nitrogens with zero attached hydrogens (tertiary/aromatic N) is 2. The van der Waals surface area contributed by atoms with Crippen molar-refractivity contribution in [2.24, 2.45) is 0 Å². The largest absolute Gasteiger partial charge is 0.376 e. The second-order valence-corrected chi connectivity index (χ2v) is 4.78. The number of nitrogens with one attached hydrogen (secondary N) is 1. The standard InChI is InChI=1S/C16H19N3O/c1-19(2)15-9-4-3-8-14(15)18-16(20)11-10-13-7-5-6-12-17-13/h3-9,12H,10-11H2,1-2H3,(H,18,20). The molecule has 0 spiro atoms. The summed E-state index contributed by atoms with van der Waals surface area (Å²) in [5.74, 6) is 0.00459. The van der Waals surface area contributed by atoms with E-state index in [4.69, 9.17) is 0 Å². The van der Waals surface area contributed by atoms with Crippen molar-refractivity contribution in [2.45, 2.75) is 12.8 Å². The number of para-hydroxylation sites is 2. The molecule has 4 nitrogen and oxygen atoms in total. The van der Waals surface area contributed by atoms with Crippen molar-refractivity contribution in [2.75, 3.05) is 24.3 Å². The Labute approximate surface area is 119 Å². The molecule has 0 bridgehead atoms. The van der Waals surface area contributed by atoms with Crippen LogP contribution in [0.4, 0.5) is 11.4 Å². The SMILES string of the molecule is CN(C)c1ccccc1NC(=O)CCc1ccccn1. The summed E-state index contributed by atoms with van der Waals surface area (Å²) < 4.78 is 0. The quantitative estimate of drug-likeness (QED) is 0.907. The molecule has 1 heterocycles. The molecule has 0 radical (unpaired) electrons. The second-order valence-electron chi connectivity index (χ2n) is 4.78. The normalized spacial score (nSPS) is 10.1. The number of hydrogen-bond acceptors (Lipinski definition) is 3. The number of pyridine rings is 1. The highest BCUT2D eigenvalue weighted by molar-refractivity contribution is 5.94. The maximum absolute atomic E-state index is 12.0. The Balaban J connectivity index is 1.95. The van der Waals surface area contributed by atoms with Crippen LogP contribution >= 0.6 is 0 Å². The molecule has 0 aliphatic carbocycles. The monoisotopic (exact) mass is 269 g/mol. The van der Waals surface area contributed by atoms with Crippen molar-refractivity contribution in [1.29, 1.82) is 0 Å². The molecule has 2 rings (SSSR count). The number of rotatable bonds is 5. The van der Waals surface area contributed by atoms with E-state index in [1.165, 1.54) is 0 Å². The Kier molecular flexibility index (Phi) is 4.71.